The summed E-state index contributed by atoms with van der Waals surface area (Å²) in [4.78, 5) is 6.73. The number of aliphatic imine (C=N–C) groups is 1. The van der Waals surface area contributed by atoms with Gasteiger partial charge < -0.3 is 15.4 Å². The molecular weight excluding hydrogens is 361 g/mol. The Labute approximate surface area is 131 Å². The fraction of sp³-hybridized carbons (Fsp3) is 0.917. The summed E-state index contributed by atoms with van der Waals surface area (Å²) in [7, 11) is 0. The van der Waals surface area contributed by atoms with E-state index in [-0.39, 0.29) is 30.1 Å². The molecule has 0 bridgehead atoms. The van der Waals surface area contributed by atoms with E-state index >= 15 is 0 Å². The van der Waals surface area contributed by atoms with E-state index in [1.165, 1.54) is 19.3 Å². The van der Waals surface area contributed by atoms with Gasteiger partial charge >= 0.3 is 0 Å². The van der Waals surface area contributed by atoms with E-state index in [1.54, 1.807) is 0 Å². The van der Waals surface area contributed by atoms with Gasteiger partial charge in [-0.05, 0) is 26.0 Å². The van der Waals surface area contributed by atoms with Crippen LogP contribution in [0.2, 0.25) is 0 Å². The molecule has 1 saturated heterocycles. The van der Waals surface area contributed by atoms with Gasteiger partial charge in [-0.2, -0.15) is 11.8 Å². The smallest absolute Gasteiger partial charge is 0.191 e. The molecule has 4 nitrogen and oxygen atoms in total. The first-order valence-electron chi connectivity index (χ1n) is 6.37. The van der Waals surface area contributed by atoms with Crippen LogP contribution in [-0.4, -0.2) is 54.2 Å². The zero-order chi connectivity index (χ0) is 12.3. The number of ether oxygens (including phenoxy) is 1. The SMILES string of the molecule is CSC1(CN=C(N)N2CCOC(C)C2)CCC1.I. The first-order valence-corrected chi connectivity index (χ1v) is 7.59. The predicted octanol–water partition coefficient (Wildman–Crippen LogP) is 1.93. The summed E-state index contributed by atoms with van der Waals surface area (Å²) >= 11 is 1.94. The largest absolute Gasteiger partial charge is 0.375 e. The number of thioether (sulfide) groups is 1. The minimum absolute atomic E-state index is 0. The van der Waals surface area contributed by atoms with Gasteiger partial charge in [0.15, 0.2) is 5.96 Å². The fourth-order valence-corrected chi connectivity index (χ4v) is 3.24. The maximum absolute atomic E-state index is 6.06. The van der Waals surface area contributed by atoms with Crippen LogP contribution in [-0.2, 0) is 4.74 Å². The molecule has 0 aromatic heterocycles. The maximum Gasteiger partial charge on any atom is 0.191 e. The Hall–Kier alpha value is 0.310. The average molecular weight is 385 g/mol. The first kappa shape index (κ1) is 16.4. The number of nitrogens with two attached hydrogens (primary N) is 1. The van der Waals surface area contributed by atoms with Crippen molar-refractivity contribution in [1.82, 2.24) is 4.90 Å². The molecule has 1 saturated carbocycles. The molecule has 106 valence electrons. The Morgan fingerprint density at radius 3 is 2.78 bits per heavy atom. The van der Waals surface area contributed by atoms with E-state index < -0.39 is 0 Å². The molecular formula is C12H24IN3OS. The van der Waals surface area contributed by atoms with Gasteiger partial charge in [0.25, 0.3) is 0 Å². The molecule has 1 atom stereocenters. The number of halogens is 1. The van der Waals surface area contributed by atoms with E-state index in [1.807, 2.05) is 11.8 Å². The number of hydrogen-bond acceptors (Lipinski definition) is 3. The van der Waals surface area contributed by atoms with Gasteiger partial charge in [-0.1, -0.05) is 6.42 Å². The highest BCUT2D eigenvalue weighted by atomic mass is 127. The third kappa shape index (κ3) is 3.90. The van der Waals surface area contributed by atoms with Gasteiger partial charge in [0, 0.05) is 17.8 Å². The molecule has 1 unspecified atom stereocenters. The molecule has 0 radical (unpaired) electrons. The second-order valence-electron chi connectivity index (χ2n) is 5.04. The number of nitrogens with zero attached hydrogens (tertiary/aromatic N) is 2. The van der Waals surface area contributed by atoms with E-state index in [2.05, 4.69) is 23.1 Å². The molecule has 0 aromatic rings. The second-order valence-corrected chi connectivity index (χ2v) is 6.32. The highest BCUT2D eigenvalue weighted by Crippen LogP contribution is 2.42. The monoisotopic (exact) mass is 385 g/mol. The van der Waals surface area contributed by atoms with Crippen molar-refractivity contribution in [3.8, 4) is 0 Å². The standard InChI is InChI=1S/C12H23N3OS.HI/c1-10-8-15(6-7-16-10)11(13)14-9-12(17-2)4-3-5-12;/h10H,3-9H2,1-2H3,(H2,13,14);1H. The van der Waals surface area contributed by atoms with Crippen molar-refractivity contribution in [2.24, 2.45) is 10.7 Å². The zero-order valence-corrected chi connectivity index (χ0v) is 14.4. The predicted molar refractivity (Wildman–Crippen MR) is 89.0 cm³/mol. The number of guanidine groups is 1. The van der Waals surface area contributed by atoms with Gasteiger partial charge in [0.2, 0.25) is 0 Å². The molecule has 2 fully saturated rings. The Bertz CT molecular complexity index is 292. The molecule has 6 heteroatoms. The molecule has 1 aliphatic heterocycles. The van der Waals surface area contributed by atoms with Crippen molar-refractivity contribution >= 4 is 41.7 Å². The lowest BCUT2D eigenvalue weighted by molar-refractivity contribution is 0.00527. The fourth-order valence-electron chi connectivity index (χ4n) is 2.35. The molecule has 2 N–H and O–H groups in total. The van der Waals surface area contributed by atoms with Crippen molar-refractivity contribution < 1.29 is 4.74 Å². The highest BCUT2D eigenvalue weighted by molar-refractivity contribution is 14.0. The van der Waals surface area contributed by atoms with E-state index in [0.717, 1.165) is 26.2 Å². The summed E-state index contributed by atoms with van der Waals surface area (Å²) in [6.07, 6.45) is 6.34. The molecule has 1 heterocycles. The van der Waals surface area contributed by atoms with Crippen LogP contribution in [0, 0.1) is 0 Å². The van der Waals surface area contributed by atoms with E-state index in [9.17, 15) is 0 Å². The van der Waals surface area contributed by atoms with E-state index in [4.69, 9.17) is 10.5 Å². The van der Waals surface area contributed by atoms with Gasteiger partial charge in [0.1, 0.15) is 0 Å². The third-order valence-corrected chi connectivity index (χ3v) is 5.20. The summed E-state index contributed by atoms with van der Waals surface area (Å²) < 4.78 is 5.88. The Morgan fingerprint density at radius 1 is 1.56 bits per heavy atom. The van der Waals surface area contributed by atoms with Crippen LogP contribution in [0.25, 0.3) is 0 Å². The van der Waals surface area contributed by atoms with Crippen molar-refractivity contribution in [3.63, 3.8) is 0 Å². The highest BCUT2D eigenvalue weighted by Gasteiger charge is 2.36. The summed E-state index contributed by atoms with van der Waals surface area (Å²) in [5, 5.41) is 0. The van der Waals surface area contributed by atoms with Crippen LogP contribution >= 0.6 is 35.7 Å². The van der Waals surface area contributed by atoms with Gasteiger partial charge in [-0.15, -0.1) is 24.0 Å². The number of morpholine rings is 1. The van der Waals surface area contributed by atoms with Crippen LogP contribution in [0.1, 0.15) is 26.2 Å². The molecule has 18 heavy (non-hydrogen) atoms. The lowest BCUT2D eigenvalue weighted by Gasteiger charge is -2.39. The van der Waals surface area contributed by atoms with Crippen molar-refractivity contribution in [2.75, 3.05) is 32.5 Å². The third-order valence-electron chi connectivity index (χ3n) is 3.79. The van der Waals surface area contributed by atoms with Crippen molar-refractivity contribution in [2.45, 2.75) is 37.0 Å². The average Bonchev–Trinajstić information content (AvgIpc) is 2.28. The minimum atomic E-state index is 0. The zero-order valence-electron chi connectivity index (χ0n) is 11.2. The molecule has 0 amide bonds. The molecule has 1 aliphatic carbocycles. The normalized spacial score (nSPS) is 27.3. The van der Waals surface area contributed by atoms with Gasteiger partial charge in [-0.3, -0.25) is 4.99 Å². The second kappa shape index (κ2) is 7.19. The Morgan fingerprint density at radius 2 is 2.28 bits per heavy atom. The van der Waals surface area contributed by atoms with Crippen LogP contribution in [0.15, 0.2) is 4.99 Å². The quantitative estimate of drug-likeness (QED) is 0.458. The topological polar surface area (TPSA) is 50.8 Å². The van der Waals surface area contributed by atoms with Gasteiger partial charge in [-0.25, -0.2) is 0 Å². The Kier molecular flexibility index (Phi) is 6.54. The number of rotatable bonds is 3. The molecule has 2 rings (SSSR count). The minimum Gasteiger partial charge on any atom is -0.375 e. The van der Waals surface area contributed by atoms with Crippen LogP contribution in [0.5, 0.6) is 0 Å². The molecule has 0 aromatic carbocycles. The lowest BCUT2D eigenvalue weighted by atomic mass is 9.84. The molecule has 2 aliphatic rings. The summed E-state index contributed by atoms with van der Waals surface area (Å²) in [5.41, 5.74) is 6.06. The first-order chi connectivity index (χ1) is 8.15. The Balaban J connectivity index is 0.00000162. The van der Waals surface area contributed by atoms with Crippen molar-refractivity contribution in [1.29, 1.82) is 0 Å². The lowest BCUT2D eigenvalue weighted by Crippen LogP contribution is -2.48. The summed E-state index contributed by atoms with van der Waals surface area (Å²) in [6, 6.07) is 0. The maximum atomic E-state index is 6.06. The van der Waals surface area contributed by atoms with Crippen LogP contribution < -0.4 is 5.73 Å². The van der Waals surface area contributed by atoms with Crippen LogP contribution in [0.3, 0.4) is 0 Å². The van der Waals surface area contributed by atoms with Crippen molar-refractivity contribution in [3.05, 3.63) is 0 Å². The van der Waals surface area contributed by atoms with E-state index in [0.29, 0.717) is 10.7 Å². The van der Waals surface area contributed by atoms with Crippen LogP contribution in [0.4, 0.5) is 0 Å². The summed E-state index contributed by atoms with van der Waals surface area (Å²) in [6.45, 7) is 5.43. The summed E-state index contributed by atoms with van der Waals surface area (Å²) in [5.74, 6) is 0.695. The van der Waals surface area contributed by atoms with Gasteiger partial charge in [0.05, 0.1) is 19.3 Å². The number of hydrogen-bond donors (Lipinski definition) is 1. The molecule has 0 spiro atoms.